The van der Waals surface area contributed by atoms with Crippen molar-refractivity contribution < 1.29 is 39.0 Å². The van der Waals surface area contributed by atoms with Crippen LogP contribution in [0.15, 0.2) is 24.3 Å². The number of likely N-dealkylation sites (tertiary alicyclic amines) is 1. The van der Waals surface area contributed by atoms with Gasteiger partial charge in [0.1, 0.15) is 30.0 Å². The maximum Gasteiger partial charge on any atom is 0.316 e. The Morgan fingerprint density at radius 3 is 2.26 bits per heavy atom. The van der Waals surface area contributed by atoms with Gasteiger partial charge in [0.05, 0.1) is 12.1 Å². The van der Waals surface area contributed by atoms with Crippen LogP contribution < -0.4 is 16.4 Å². The van der Waals surface area contributed by atoms with Crippen molar-refractivity contribution in [2.24, 2.45) is 17.6 Å². The molecule has 0 saturated carbocycles. The van der Waals surface area contributed by atoms with E-state index < -0.39 is 65.5 Å². The second kappa shape index (κ2) is 13.7. The lowest BCUT2D eigenvalue weighted by Crippen LogP contribution is -2.61. The van der Waals surface area contributed by atoms with E-state index in [2.05, 4.69) is 10.6 Å². The Balaban J connectivity index is 2.28. The number of carbonyl (C=O) groups excluding carboxylic acids is 5. The van der Waals surface area contributed by atoms with Gasteiger partial charge in [-0.2, -0.15) is 0 Å². The van der Waals surface area contributed by atoms with Gasteiger partial charge in [-0.25, -0.2) is 0 Å². The number of phenolic OH excluding ortho intramolecular Hbond substituents is 1. The van der Waals surface area contributed by atoms with Crippen LogP contribution in [0.1, 0.15) is 45.6 Å². The minimum Gasteiger partial charge on any atom is -0.508 e. The molecule has 1 aliphatic rings. The third kappa shape index (κ3) is 7.85. The van der Waals surface area contributed by atoms with E-state index in [9.17, 15) is 39.0 Å². The van der Waals surface area contributed by atoms with Crippen LogP contribution in [0.2, 0.25) is 0 Å². The highest BCUT2D eigenvalue weighted by atomic mass is 16.4. The molecule has 0 radical (unpaired) electrons. The summed E-state index contributed by atoms with van der Waals surface area (Å²) in [6.07, 6.45) is 1.63. The summed E-state index contributed by atoms with van der Waals surface area (Å²) in [4.78, 5) is 76.0. The van der Waals surface area contributed by atoms with Crippen LogP contribution in [0, 0.1) is 11.8 Å². The van der Waals surface area contributed by atoms with Gasteiger partial charge in [0.25, 0.3) is 0 Å². The van der Waals surface area contributed by atoms with Gasteiger partial charge in [-0.3, -0.25) is 24.0 Å². The lowest BCUT2D eigenvalue weighted by molar-refractivity contribution is -0.154. The number of aldehydes is 1. The summed E-state index contributed by atoms with van der Waals surface area (Å²) in [5.74, 6) is -6.19. The van der Waals surface area contributed by atoms with Crippen LogP contribution in [-0.4, -0.2) is 81.6 Å². The Hall–Kier alpha value is -3.80. The first-order valence-corrected chi connectivity index (χ1v) is 12.5. The van der Waals surface area contributed by atoms with Crippen LogP contribution in [0.25, 0.3) is 0 Å². The largest absolute Gasteiger partial charge is 0.508 e. The van der Waals surface area contributed by atoms with Gasteiger partial charge in [-0.15, -0.1) is 0 Å². The highest BCUT2D eigenvalue weighted by molar-refractivity contribution is 6.05. The van der Waals surface area contributed by atoms with Crippen molar-refractivity contribution in [3.8, 4) is 5.75 Å². The third-order valence-electron chi connectivity index (χ3n) is 6.53. The molecule has 0 spiro atoms. The average molecular weight is 533 g/mol. The van der Waals surface area contributed by atoms with Gasteiger partial charge < -0.3 is 36.3 Å². The number of ketones is 1. The van der Waals surface area contributed by atoms with Crippen LogP contribution >= 0.6 is 0 Å². The number of benzene rings is 1. The molecule has 6 N–H and O–H groups in total. The fourth-order valence-corrected chi connectivity index (χ4v) is 4.52. The number of carboxylic acids is 1. The zero-order valence-corrected chi connectivity index (χ0v) is 21.8. The van der Waals surface area contributed by atoms with Crippen molar-refractivity contribution in [1.29, 1.82) is 0 Å². The number of aliphatic carboxylic acids is 1. The molecule has 1 saturated heterocycles. The summed E-state index contributed by atoms with van der Waals surface area (Å²) in [6, 6.07) is 1.36. The Labute approximate surface area is 220 Å². The molecule has 1 fully saturated rings. The molecule has 1 aromatic rings. The van der Waals surface area contributed by atoms with Gasteiger partial charge >= 0.3 is 5.97 Å². The minimum atomic E-state index is -1.80. The molecule has 12 nitrogen and oxygen atoms in total. The molecule has 3 amide bonds. The second-order valence-electron chi connectivity index (χ2n) is 9.83. The summed E-state index contributed by atoms with van der Waals surface area (Å²) in [7, 11) is 0. The summed E-state index contributed by atoms with van der Waals surface area (Å²) >= 11 is 0. The molecule has 0 aromatic heterocycles. The number of hydrogen-bond acceptors (Lipinski definition) is 8. The molecule has 0 bridgehead atoms. The predicted octanol–water partition coefficient (Wildman–Crippen LogP) is -0.243. The van der Waals surface area contributed by atoms with Crippen molar-refractivity contribution in [1.82, 2.24) is 15.5 Å². The Kier molecular flexibility index (Phi) is 10.9. The first-order chi connectivity index (χ1) is 17.9. The summed E-state index contributed by atoms with van der Waals surface area (Å²) in [6.45, 7) is 4.84. The maximum atomic E-state index is 13.7. The van der Waals surface area contributed by atoms with Gasteiger partial charge in [0, 0.05) is 19.9 Å². The Bertz CT molecular complexity index is 1040. The number of nitrogens with one attached hydrogen (secondary N) is 2. The first kappa shape index (κ1) is 30.4. The summed E-state index contributed by atoms with van der Waals surface area (Å²) in [5, 5.41) is 24.3. The molecule has 38 heavy (non-hydrogen) atoms. The average Bonchev–Trinajstić information content (AvgIpc) is 2.86. The van der Waals surface area contributed by atoms with E-state index in [1.807, 2.05) is 0 Å². The zero-order valence-electron chi connectivity index (χ0n) is 21.8. The van der Waals surface area contributed by atoms with E-state index >= 15 is 0 Å². The fraction of sp³-hybridized carbons (Fsp3) is 0.538. The van der Waals surface area contributed by atoms with Gasteiger partial charge in [-0.1, -0.05) is 26.0 Å². The monoisotopic (exact) mass is 532 g/mol. The lowest BCUT2D eigenvalue weighted by atomic mass is 9.86. The Morgan fingerprint density at radius 1 is 1.11 bits per heavy atom. The molecule has 0 aliphatic carbocycles. The smallest absolute Gasteiger partial charge is 0.316 e. The molecular weight excluding hydrogens is 496 g/mol. The summed E-state index contributed by atoms with van der Waals surface area (Å²) < 4.78 is 0. The lowest BCUT2D eigenvalue weighted by Gasteiger charge is -2.39. The molecule has 1 heterocycles. The van der Waals surface area contributed by atoms with Crippen LogP contribution in [0.3, 0.4) is 0 Å². The number of amides is 3. The topological polar surface area (TPSA) is 196 Å². The third-order valence-corrected chi connectivity index (χ3v) is 6.53. The van der Waals surface area contributed by atoms with Crippen molar-refractivity contribution in [2.45, 2.75) is 70.6 Å². The number of carbonyl (C=O) groups is 6. The number of aromatic hydroxyl groups is 1. The number of phenols is 1. The van der Waals surface area contributed by atoms with E-state index in [1.54, 1.807) is 26.0 Å². The Morgan fingerprint density at radius 2 is 1.74 bits per heavy atom. The molecule has 2 rings (SSSR count). The van der Waals surface area contributed by atoms with Crippen molar-refractivity contribution in [2.75, 3.05) is 6.54 Å². The fourth-order valence-electron chi connectivity index (χ4n) is 4.52. The molecule has 208 valence electrons. The number of hydrogen-bond donors (Lipinski definition) is 5. The highest BCUT2D eigenvalue weighted by Gasteiger charge is 2.43. The molecular formula is C26H36N4O8. The zero-order chi connectivity index (χ0) is 28.6. The first-order valence-electron chi connectivity index (χ1n) is 12.5. The normalized spacial score (nSPS) is 18.6. The molecule has 1 aromatic carbocycles. The van der Waals surface area contributed by atoms with Crippen molar-refractivity contribution >= 4 is 35.8 Å². The van der Waals surface area contributed by atoms with Gasteiger partial charge in [0.2, 0.25) is 17.7 Å². The quantitative estimate of drug-likeness (QED) is 0.178. The predicted molar refractivity (Wildman–Crippen MR) is 136 cm³/mol. The SMILES string of the molecule is CC(=O)N[C@@H](Cc1ccc(O)cc1)C(=O)N[C@H](C(=O)N1CCCCC1C(=O)C(C(=O)O)C(N)C=O)C(C)C. The maximum absolute atomic E-state index is 13.7. The van der Waals surface area contributed by atoms with Crippen LogP contribution in [0.4, 0.5) is 0 Å². The van der Waals surface area contributed by atoms with Gasteiger partial charge in [-0.05, 0) is 42.9 Å². The number of nitrogens with zero attached hydrogens (tertiary/aromatic N) is 1. The number of nitrogens with two attached hydrogens (primary N) is 1. The number of rotatable bonds is 12. The molecule has 5 atom stereocenters. The van der Waals surface area contributed by atoms with E-state index in [0.717, 1.165) is 0 Å². The molecule has 12 heteroatoms. The number of carboxylic acid groups (broad SMARTS) is 1. The van der Waals surface area contributed by atoms with Crippen molar-refractivity contribution in [3.05, 3.63) is 29.8 Å². The van der Waals surface area contributed by atoms with E-state index in [4.69, 9.17) is 5.73 Å². The van der Waals surface area contributed by atoms with E-state index in [1.165, 1.54) is 24.0 Å². The second-order valence-corrected chi connectivity index (χ2v) is 9.83. The van der Waals surface area contributed by atoms with Crippen molar-refractivity contribution in [3.63, 3.8) is 0 Å². The van der Waals surface area contributed by atoms with E-state index in [0.29, 0.717) is 18.4 Å². The molecule has 1 aliphatic heterocycles. The molecule has 3 unspecified atom stereocenters. The minimum absolute atomic E-state index is 0.0459. The highest BCUT2D eigenvalue weighted by Crippen LogP contribution is 2.24. The summed E-state index contributed by atoms with van der Waals surface area (Å²) in [5.41, 5.74) is 6.25. The number of piperidine rings is 1. The van der Waals surface area contributed by atoms with E-state index in [-0.39, 0.29) is 31.4 Å². The van der Waals surface area contributed by atoms with Crippen LogP contribution in [0.5, 0.6) is 5.75 Å². The standard InChI is InChI=1S/C26H36N4O8/c1-14(2)22(29-24(35)19(28-15(3)32)12-16-7-9-17(33)10-8-16)25(36)30-11-5-4-6-20(30)23(34)21(26(37)38)18(27)13-31/h7-10,13-14,18-22,33H,4-6,11-12,27H2,1-3H3,(H,28,32)(H,29,35)(H,37,38)/t18?,19-,20?,21?,22-/m0/s1. The van der Waals surface area contributed by atoms with Gasteiger partial charge in [0.15, 0.2) is 5.78 Å². The number of Topliss-reactive ketones (excluding diaryl/α,β-unsaturated/α-hetero) is 1. The van der Waals surface area contributed by atoms with Crippen LogP contribution in [-0.2, 0) is 35.2 Å².